The Balaban J connectivity index is 0.00000432. The van der Waals surface area contributed by atoms with Gasteiger partial charge in [0.1, 0.15) is 11.6 Å². The Morgan fingerprint density at radius 2 is 1.60 bits per heavy atom. The Kier molecular flexibility index (Phi) is 10.9. The zero-order chi connectivity index (χ0) is 24.7. The minimum Gasteiger partial charge on any atom is -0.550 e. The second-order valence-electron chi connectivity index (χ2n) is 7.51. The summed E-state index contributed by atoms with van der Waals surface area (Å²) in [5.41, 5.74) is 2.16. The van der Waals surface area contributed by atoms with Crippen LogP contribution in [0.1, 0.15) is 36.7 Å². The Morgan fingerprint density at radius 3 is 2.09 bits per heavy atom. The molecule has 0 fully saturated rings. The molecule has 0 aliphatic rings. The molecule has 0 radical (unpaired) electrons. The number of aryl methyl sites for hydroxylation is 1. The molecule has 0 saturated carbocycles. The SMILES string of the molecule is CCn1nnnc1C(/C=C/[C@@H](O)C[C@@H](O)CC(=O)[O-])=C(c1ccc(F)cc1)c1ccc(F)cc1.[Na+]. The Bertz CT molecular complexity index is 1130. The third kappa shape index (κ3) is 7.87. The molecule has 0 amide bonds. The quantitative estimate of drug-likeness (QED) is 0.268. The van der Waals surface area contributed by atoms with Gasteiger partial charge in [0.2, 0.25) is 0 Å². The van der Waals surface area contributed by atoms with Gasteiger partial charge >= 0.3 is 29.6 Å². The van der Waals surface area contributed by atoms with Crippen molar-refractivity contribution in [3.63, 3.8) is 0 Å². The summed E-state index contributed by atoms with van der Waals surface area (Å²) in [6.07, 6.45) is -0.437. The van der Waals surface area contributed by atoms with Gasteiger partial charge in [-0.3, -0.25) is 0 Å². The number of halogens is 2. The third-order valence-corrected chi connectivity index (χ3v) is 5.01. The standard InChI is InChI=1S/C24H24F2N4O4.Na/c1-2-30-24(27-28-29-30)21(12-11-19(31)13-20(32)14-22(33)34)23(15-3-7-17(25)8-4-15)16-5-9-18(26)10-6-16;/h3-12,19-20,31-32H,2,13-14H2,1H3,(H,33,34);/q;+1/p-1/b12-11+;/t19-,20-;/m1./s1. The van der Waals surface area contributed by atoms with Crippen molar-refractivity contribution >= 4 is 17.1 Å². The molecule has 1 aromatic heterocycles. The van der Waals surface area contributed by atoms with E-state index in [9.17, 15) is 28.9 Å². The van der Waals surface area contributed by atoms with Crippen LogP contribution in [0.3, 0.4) is 0 Å². The molecular weight excluding hydrogens is 469 g/mol. The molecule has 35 heavy (non-hydrogen) atoms. The maximum Gasteiger partial charge on any atom is 1.00 e. The number of carboxylic acid groups (broad SMARTS) is 1. The van der Waals surface area contributed by atoms with Crippen LogP contribution in [0.5, 0.6) is 0 Å². The van der Waals surface area contributed by atoms with Crippen molar-refractivity contribution in [3.8, 4) is 0 Å². The number of carbonyl (C=O) groups excluding carboxylic acids is 1. The van der Waals surface area contributed by atoms with Gasteiger partial charge in [-0.25, -0.2) is 13.5 Å². The number of hydrogen-bond donors (Lipinski definition) is 2. The Labute approximate surface area is 222 Å². The fourth-order valence-corrected chi connectivity index (χ4v) is 3.43. The molecule has 0 spiro atoms. The Hall–Kier alpha value is -2.76. The fraction of sp³-hybridized carbons (Fsp3) is 0.250. The number of hydrogen-bond acceptors (Lipinski definition) is 7. The summed E-state index contributed by atoms with van der Waals surface area (Å²) in [5.74, 6) is -1.96. The summed E-state index contributed by atoms with van der Waals surface area (Å²) in [4.78, 5) is 10.7. The number of allylic oxidation sites excluding steroid dienone is 2. The number of carbonyl (C=O) groups is 1. The van der Waals surface area contributed by atoms with Crippen LogP contribution >= 0.6 is 0 Å². The van der Waals surface area contributed by atoms with Crippen LogP contribution in [-0.4, -0.2) is 48.6 Å². The zero-order valence-electron chi connectivity index (χ0n) is 19.3. The number of benzene rings is 2. The number of aliphatic hydroxyl groups is 2. The first-order valence-corrected chi connectivity index (χ1v) is 10.5. The molecule has 2 aromatic carbocycles. The van der Waals surface area contributed by atoms with Crippen molar-refractivity contribution in [1.29, 1.82) is 0 Å². The number of carboxylic acids is 1. The van der Waals surface area contributed by atoms with Crippen molar-refractivity contribution in [2.45, 2.75) is 38.5 Å². The van der Waals surface area contributed by atoms with Gasteiger partial charge in [0.05, 0.1) is 12.2 Å². The summed E-state index contributed by atoms with van der Waals surface area (Å²) in [7, 11) is 0. The van der Waals surface area contributed by atoms with Crippen molar-refractivity contribution in [3.05, 3.63) is 89.3 Å². The molecule has 11 heteroatoms. The summed E-state index contributed by atoms with van der Waals surface area (Å²) in [5, 5.41) is 42.6. The van der Waals surface area contributed by atoms with E-state index in [-0.39, 0.29) is 36.0 Å². The van der Waals surface area contributed by atoms with Crippen molar-refractivity contribution in [2.24, 2.45) is 0 Å². The van der Waals surface area contributed by atoms with Crippen LogP contribution in [0.15, 0.2) is 60.7 Å². The van der Waals surface area contributed by atoms with E-state index >= 15 is 0 Å². The second kappa shape index (κ2) is 13.4. The monoisotopic (exact) mass is 492 g/mol. The van der Waals surface area contributed by atoms with E-state index in [1.807, 2.05) is 6.92 Å². The molecule has 0 saturated heterocycles. The van der Waals surface area contributed by atoms with Crippen LogP contribution in [0, 0.1) is 11.6 Å². The first kappa shape index (κ1) is 28.5. The van der Waals surface area contributed by atoms with Gasteiger partial charge in [-0.2, -0.15) is 0 Å². The molecule has 178 valence electrons. The smallest absolute Gasteiger partial charge is 0.550 e. The fourth-order valence-electron chi connectivity index (χ4n) is 3.43. The van der Waals surface area contributed by atoms with Crippen molar-refractivity contribution in [1.82, 2.24) is 20.2 Å². The van der Waals surface area contributed by atoms with Gasteiger partial charge in [-0.05, 0) is 58.3 Å². The van der Waals surface area contributed by atoms with E-state index in [2.05, 4.69) is 15.5 Å². The van der Waals surface area contributed by atoms with Crippen LogP contribution in [-0.2, 0) is 11.3 Å². The molecule has 0 unspecified atom stereocenters. The number of tetrazole rings is 1. The summed E-state index contributed by atoms with van der Waals surface area (Å²) in [6, 6.07) is 11.4. The predicted molar refractivity (Wildman–Crippen MR) is 118 cm³/mol. The first-order chi connectivity index (χ1) is 16.3. The summed E-state index contributed by atoms with van der Waals surface area (Å²) < 4.78 is 28.8. The number of aliphatic carboxylic acids is 1. The molecule has 0 bridgehead atoms. The van der Waals surface area contributed by atoms with Gasteiger partial charge in [0.15, 0.2) is 5.82 Å². The normalized spacial score (nSPS) is 12.7. The molecule has 1 heterocycles. The molecule has 3 aromatic rings. The van der Waals surface area contributed by atoms with Crippen LogP contribution < -0.4 is 34.7 Å². The molecule has 2 N–H and O–H groups in total. The second-order valence-corrected chi connectivity index (χ2v) is 7.51. The van der Waals surface area contributed by atoms with E-state index in [4.69, 9.17) is 0 Å². The van der Waals surface area contributed by atoms with Gasteiger partial charge < -0.3 is 20.1 Å². The van der Waals surface area contributed by atoms with Gasteiger partial charge in [0.25, 0.3) is 0 Å². The van der Waals surface area contributed by atoms with Crippen LogP contribution in [0.2, 0.25) is 0 Å². The van der Waals surface area contributed by atoms with E-state index in [1.165, 1.54) is 41.1 Å². The van der Waals surface area contributed by atoms with Crippen LogP contribution in [0.25, 0.3) is 11.1 Å². The van der Waals surface area contributed by atoms with E-state index in [0.29, 0.717) is 34.6 Å². The van der Waals surface area contributed by atoms with Crippen molar-refractivity contribution < 1.29 is 58.5 Å². The minimum atomic E-state index is -1.43. The number of aromatic nitrogens is 4. The molecular formula is C24H23F2N4NaO4. The summed E-state index contributed by atoms with van der Waals surface area (Å²) >= 11 is 0. The number of nitrogens with zero attached hydrogens (tertiary/aromatic N) is 4. The zero-order valence-corrected chi connectivity index (χ0v) is 21.3. The first-order valence-electron chi connectivity index (χ1n) is 10.5. The number of aliphatic hydroxyl groups excluding tert-OH is 2. The predicted octanol–water partition coefficient (Wildman–Crippen LogP) is -1.26. The topological polar surface area (TPSA) is 124 Å². The minimum absolute atomic E-state index is 0. The van der Waals surface area contributed by atoms with Gasteiger partial charge in [-0.15, -0.1) is 5.10 Å². The van der Waals surface area contributed by atoms with Crippen LogP contribution in [0.4, 0.5) is 8.78 Å². The average Bonchev–Trinajstić information content (AvgIpc) is 3.26. The Morgan fingerprint density at radius 1 is 1.06 bits per heavy atom. The van der Waals surface area contributed by atoms with Gasteiger partial charge in [0, 0.05) is 30.9 Å². The average molecular weight is 492 g/mol. The molecule has 8 nitrogen and oxygen atoms in total. The van der Waals surface area contributed by atoms with E-state index in [1.54, 1.807) is 24.3 Å². The molecule has 0 aliphatic heterocycles. The molecule has 3 rings (SSSR count). The third-order valence-electron chi connectivity index (χ3n) is 5.01. The maximum absolute atomic E-state index is 13.6. The maximum atomic E-state index is 13.6. The summed E-state index contributed by atoms with van der Waals surface area (Å²) in [6.45, 7) is 2.26. The molecule has 0 aliphatic carbocycles. The molecule has 2 atom stereocenters. The largest absolute Gasteiger partial charge is 1.00 e. The number of rotatable bonds is 10. The van der Waals surface area contributed by atoms with E-state index < -0.39 is 36.2 Å². The van der Waals surface area contributed by atoms with Crippen molar-refractivity contribution in [2.75, 3.05) is 0 Å². The van der Waals surface area contributed by atoms with Gasteiger partial charge in [-0.1, -0.05) is 36.4 Å². The van der Waals surface area contributed by atoms with E-state index in [0.717, 1.165) is 0 Å².